The maximum absolute atomic E-state index is 12.2. The Kier molecular flexibility index (Phi) is 4.72. The lowest BCUT2D eigenvalue weighted by Crippen LogP contribution is -2.43. The van der Waals surface area contributed by atoms with Crippen LogP contribution in [0.3, 0.4) is 0 Å². The molecular weight excluding hydrogens is 328 g/mol. The van der Waals surface area contributed by atoms with Crippen LogP contribution in [-0.2, 0) is 4.79 Å². The van der Waals surface area contributed by atoms with E-state index >= 15 is 0 Å². The standard InChI is InChI=1S/C13H13BrN2O2S/c1-9-7-16(13(17)8-19-5-4-15)11-6-10(14)2-3-12(11)18-9/h2-3,6,9H,5,7-8H2,1H3/t9-/m0/s1. The molecule has 0 N–H and O–H groups in total. The molecule has 100 valence electrons. The summed E-state index contributed by atoms with van der Waals surface area (Å²) in [5.41, 5.74) is 0.787. The maximum Gasteiger partial charge on any atom is 0.237 e. The second-order valence-corrected chi connectivity index (χ2v) is 6.10. The fourth-order valence-corrected chi connectivity index (χ4v) is 2.78. The van der Waals surface area contributed by atoms with Gasteiger partial charge in [0, 0.05) is 4.47 Å². The molecule has 1 atom stereocenters. The van der Waals surface area contributed by atoms with Gasteiger partial charge in [-0.05, 0) is 25.1 Å². The van der Waals surface area contributed by atoms with Gasteiger partial charge in [0.2, 0.25) is 5.91 Å². The quantitative estimate of drug-likeness (QED) is 0.794. The van der Waals surface area contributed by atoms with Gasteiger partial charge in [-0.15, -0.1) is 11.8 Å². The number of amides is 1. The minimum absolute atomic E-state index is 0.00903. The number of benzene rings is 1. The Morgan fingerprint density at radius 1 is 1.68 bits per heavy atom. The van der Waals surface area contributed by atoms with Crippen LogP contribution in [0, 0.1) is 11.3 Å². The average Bonchev–Trinajstić information content (AvgIpc) is 2.38. The minimum atomic E-state index is -0.0291. The fourth-order valence-electron chi connectivity index (χ4n) is 1.91. The van der Waals surface area contributed by atoms with Gasteiger partial charge >= 0.3 is 0 Å². The zero-order chi connectivity index (χ0) is 13.8. The molecule has 0 fully saturated rings. The number of anilines is 1. The van der Waals surface area contributed by atoms with Crippen molar-refractivity contribution < 1.29 is 9.53 Å². The van der Waals surface area contributed by atoms with E-state index in [0.29, 0.717) is 18.1 Å². The van der Waals surface area contributed by atoms with Crippen molar-refractivity contribution in [3.05, 3.63) is 22.7 Å². The molecule has 1 amide bonds. The van der Waals surface area contributed by atoms with Crippen LogP contribution >= 0.6 is 27.7 Å². The molecule has 0 aromatic heterocycles. The lowest BCUT2D eigenvalue weighted by atomic mass is 10.2. The van der Waals surface area contributed by atoms with E-state index in [2.05, 4.69) is 15.9 Å². The van der Waals surface area contributed by atoms with Gasteiger partial charge in [0.15, 0.2) is 0 Å². The van der Waals surface area contributed by atoms with Crippen molar-refractivity contribution in [1.82, 2.24) is 0 Å². The first-order chi connectivity index (χ1) is 9.11. The molecule has 0 spiro atoms. The first-order valence-corrected chi connectivity index (χ1v) is 7.78. The maximum atomic E-state index is 12.2. The molecule has 1 aromatic rings. The highest BCUT2D eigenvalue weighted by molar-refractivity contribution is 9.10. The molecule has 1 aliphatic heterocycles. The van der Waals surface area contributed by atoms with Crippen molar-refractivity contribution in [2.75, 3.05) is 23.0 Å². The van der Waals surface area contributed by atoms with Crippen LogP contribution in [-0.4, -0.2) is 30.1 Å². The van der Waals surface area contributed by atoms with Gasteiger partial charge in [-0.25, -0.2) is 0 Å². The molecule has 19 heavy (non-hydrogen) atoms. The number of fused-ring (bicyclic) bond motifs is 1. The van der Waals surface area contributed by atoms with E-state index in [1.165, 1.54) is 11.8 Å². The number of nitrogens with zero attached hydrogens (tertiary/aromatic N) is 2. The largest absolute Gasteiger partial charge is 0.487 e. The van der Waals surface area contributed by atoms with Crippen molar-refractivity contribution in [3.63, 3.8) is 0 Å². The van der Waals surface area contributed by atoms with Crippen LogP contribution in [0.5, 0.6) is 5.75 Å². The van der Waals surface area contributed by atoms with Gasteiger partial charge < -0.3 is 9.64 Å². The van der Waals surface area contributed by atoms with Gasteiger partial charge in [0.05, 0.1) is 29.8 Å². The molecule has 0 saturated heterocycles. The lowest BCUT2D eigenvalue weighted by molar-refractivity contribution is -0.116. The Balaban J connectivity index is 2.20. The zero-order valence-electron chi connectivity index (χ0n) is 10.4. The molecule has 6 heteroatoms. The first-order valence-electron chi connectivity index (χ1n) is 5.83. The summed E-state index contributed by atoms with van der Waals surface area (Å²) in [6.45, 7) is 2.48. The smallest absolute Gasteiger partial charge is 0.237 e. The Bertz CT molecular complexity index is 530. The Hall–Kier alpha value is -1.19. The summed E-state index contributed by atoms with van der Waals surface area (Å²) in [7, 11) is 0. The molecule has 1 heterocycles. The summed E-state index contributed by atoms with van der Waals surface area (Å²) in [6.07, 6.45) is -0.0291. The van der Waals surface area contributed by atoms with Gasteiger partial charge in [-0.3, -0.25) is 4.79 Å². The fraction of sp³-hybridized carbons (Fsp3) is 0.385. The normalized spacial score (nSPS) is 17.3. The number of hydrogen-bond acceptors (Lipinski definition) is 4. The molecule has 0 aliphatic carbocycles. The summed E-state index contributed by atoms with van der Waals surface area (Å²) in [5, 5.41) is 8.50. The number of ether oxygens (including phenoxy) is 1. The second-order valence-electron chi connectivity index (χ2n) is 4.20. The summed E-state index contributed by atoms with van der Waals surface area (Å²) < 4.78 is 6.63. The van der Waals surface area contributed by atoms with Crippen LogP contribution in [0.2, 0.25) is 0 Å². The number of nitriles is 1. The van der Waals surface area contributed by atoms with Crippen molar-refractivity contribution in [1.29, 1.82) is 5.26 Å². The van der Waals surface area contributed by atoms with Gasteiger partial charge in [-0.2, -0.15) is 5.26 Å². The van der Waals surface area contributed by atoms with Crippen LogP contribution in [0.25, 0.3) is 0 Å². The number of carbonyl (C=O) groups is 1. The highest BCUT2D eigenvalue weighted by Crippen LogP contribution is 2.36. The SMILES string of the molecule is C[C@H]1CN(C(=O)CSCC#N)c2cc(Br)ccc2O1. The van der Waals surface area contributed by atoms with Crippen molar-refractivity contribution >= 4 is 39.3 Å². The molecule has 2 rings (SSSR count). The summed E-state index contributed by atoms with van der Waals surface area (Å²) in [6, 6.07) is 7.66. The zero-order valence-corrected chi connectivity index (χ0v) is 12.8. The van der Waals surface area contributed by atoms with Crippen LogP contribution in [0.1, 0.15) is 6.92 Å². The van der Waals surface area contributed by atoms with E-state index in [-0.39, 0.29) is 12.0 Å². The topological polar surface area (TPSA) is 53.3 Å². The highest BCUT2D eigenvalue weighted by atomic mass is 79.9. The second kappa shape index (κ2) is 6.31. The third kappa shape index (κ3) is 3.43. The molecule has 0 saturated carbocycles. The number of rotatable bonds is 3. The van der Waals surface area contributed by atoms with E-state index in [1.807, 2.05) is 31.2 Å². The summed E-state index contributed by atoms with van der Waals surface area (Å²) in [4.78, 5) is 14.0. The molecule has 1 aliphatic rings. The number of hydrogen-bond donors (Lipinski definition) is 0. The van der Waals surface area contributed by atoms with E-state index in [9.17, 15) is 4.79 Å². The van der Waals surface area contributed by atoms with Gasteiger partial charge in [0.25, 0.3) is 0 Å². The van der Waals surface area contributed by atoms with Gasteiger partial charge in [-0.1, -0.05) is 15.9 Å². The number of halogens is 1. The molecule has 0 bridgehead atoms. The van der Waals surface area contributed by atoms with Crippen molar-refractivity contribution in [2.24, 2.45) is 0 Å². The van der Waals surface area contributed by atoms with E-state index in [0.717, 1.165) is 15.9 Å². The Morgan fingerprint density at radius 2 is 2.47 bits per heavy atom. The summed E-state index contributed by atoms with van der Waals surface area (Å²) in [5.74, 6) is 1.37. The first kappa shape index (κ1) is 14.2. The van der Waals surface area contributed by atoms with Crippen LogP contribution in [0.4, 0.5) is 5.69 Å². The van der Waals surface area contributed by atoms with Crippen LogP contribution < -0.4 is 9.64 Å². The predicted octanol–water partition coefficient (Wildman–Crippen LogP) is 2.82. The number of thioether (sulfide) groups is 1. The van der Waals surface area contributed by atoms with Crippen molar-refractivity contribution in [3.8, 4) is 11.8 Å². The lowest BCUT2D eigenvalue weighted by Gasteiger charge is -2.33. The monoisotopic (exact) mass is 340 g/mol. The summed E-state index contributed by atoms with van der Waals surface area (Å²) >= 11 is 4.73. The molecule has 1 aromatic carbocycles. The molecule has 0 unspecified atom stereocenters. The van der Waals surface area contributed by atoms with Crippen LogP contribution in [0.15, 0.2) is 22.7 Å². The highest BCUT2D eigenvalue weighted by Gasteiger charge is 2.27. The van der Waals surface area contributed by atoms with Gasteiger partial charge in [0.1, 0.15) is 11.9 Å². The third-order valence-electron chi connectivity index (χ3n) is 2.67. The van der Waals surface area contributed by atoms with Crippen molar-refractivity contribution in [2.45, 2.75) is 13.0 Å². The third-order valence-corrected chi connectivity index (χ3v) is 3.95. The molecule has 4 nitrogen and oxygen atoms in total. The van der Waals surface area contributed by atoms with E-state index in [1.54, 1.807) is 4.90 Å². The molecule has 0 radical (unpaired) electrons. The molecular formula is C13H13BrN2O2S. The Morgan fingerprint density at radius 3 is 3.21 bits per heavy atom. The van der Waals surface area contributed by atoms with E-state index in [4.69, 9.17) is 10.00 Å². The van der Waals surface area contributed by atoms with E-state index < -0.39 is 0 Å². The predicted molar refractivity (Wildman–Crippen MR) is 79.5 cm³/mol. The number of carbonyl (C=O) groups excluding carboxylic acids is 1. The Labute approximate surface area is 124 Å². The average molecular weight is 341 g/mol. The minimum Gasteiger partial charge on any atom is -0.487 e.